The minimum Gasteiger partial charge on any atom is -0.452 e. The van der Waals surface area contributed by atoms with Crippen molar-refractivity contribution in [3.63, 3.8) is 0 Å². The molecule has 0 radical (unpaired) electrons. The molecule has 2 rings (SSSR count). The van der Waals surface area contributed by atoms with Crippen LogP contribution in [-0.2, 0) is 14.3 Å². The molecule has 2 aromatic rings. The number of amides is 1. The zero-order chi connectivity index (χ0) is 18.2. The second-order valence-corrected chi connectivity index (χ2v) is 5.18. The molecule has 1 amide bonds. The number of rotatable bonds is 6. The van der Waals surface area contributed by atoms with Crippen LogP contribution in [0.4, 0.5) is 10.1 Å². The number of carbonyl (C=O) groups is 3. The predicted molar refractivity (Wildman–Crippen MR) is 91.5 cm³/mol. The van der Waals surface area contributed by atoms with Crippen molar-refractivity contribution in [1.29, 1.82) is 0 Å². The average molecular weight is 341 g/mol. The molecule has 2 aromatic carbocycles. The molecule has 0 aliphatic rings. The fraction of sp³-hybridized carbons (Fsp3) is 0.105. The first-order valence-corrected chi connectivity index (χ1v) is 7.45. The molecule has 0 fully saturated rings. The molecule has 128 valence electrons. The van der Waals surface area contributed by atoms with E-state index in [4.69, 9.17) is 4.74 Å². The van der Waals surface area contributed by atoms with E-state index in [1.165, 1.54) is 31.2 Å². The number of anilines is 1. The van der Waals surface area contributed by atoms with Gasteiger partial charge in [0.25, 0.3) is 5.91 Å². The number of Topliss-reactive ketones (excluding diaryl/α,β-unsaturated/α-hetero) is 1. The van der Waals surface area contributed by atoms with Crippen molar-refractivity contribution in [3.05, 3.63) is 71.6 Å². The number of esters is 1. The minimum atomic E-state index is -0.716. The first kappa shape index (κ1) is 18.1. The van der Waals surface area contributed by atoms with Gasteiger partial charge >= 0.3 is 5.97 Å². The lowest BCUT2D eigenvalue weighted by molar-refractivity contribution is -0.142. The molecular weight excluding hydrogens is 325 g/mol. The van der Waals surface area contributed by atoms with Crippen molar-refractivity contribution in [3.8, 4) is 0 Å². The average Bonchev–Trinajstić information content (AvgIpc) is 2.58. The van der Waals surface area contributed by atoms with Gasteiger partial charge < -0.3 is 10.1 Å². The van der Waals surface area contributed by atoms with Crippen molar-refractivity contribution in [2.24, 2.45) is 0 Å². The van der Waals surface area contributed by atoms with Gasteiger partial charge in [0.1, 0.15) is 5.82 Å². The second kappa shape index (κ2) is 8.54. The van der Waals surface area contributed by atoms with Crippen LogP contribution in [-0.4, -0.2) is 24.3 Å². The van der Waals surface area contributed by atoms with Crippen molar-refractivity contribution in [1.82, 2.24) is 0 Å². The molecule has 0 bridgehead atoms. The van der Waals surface area contributed by atoms with Gasteiger partial charge in [0.2, 0.25) is 0 Å². The molecule has 0 aliphatic heterocycles. The molecule has 0 heterocycles. The summed E-state index contributed by atoms with van der Waals surface area (Å²) in [5.41, 5.74) is 1.53. The minimum absolute atomic E-state index is 0.0723. The van der Waals surface area contributed by atoms with Gasteiger partial charge in [-0.2, -0.15) is 0 Å². The summed E-state index contributed by atoms with van der Waals surface area (Å²) in [4.78, 5) is 34.5. The second-order valence-electron chi connectivity index (χ2n) is 5.18. The summed E-state index contributed by atoms with van der Waals surface area (Å²) in [6, 6.07) is 12.1. The lowest BCUT2D eigenvalue weighted by atomic mass is 10.1. The maximum Gasteiger partial charge on any atom is 0.331 e. The van der Waals surface area contributed by atoms with E-state index in [0.717, 1.165) is 6.08 Å². The van der Waals surface area contributed by atoms with Crippen LogP contribution in [0.5, 0.6) is 0 Å². The van der Waals surface area contributed by atoms with Crippen LogP contribution < -0.4 is 5.32 Å². The van der Waals surface area contributed by atoms with E-state index in [0.29, 0.717) is 16.8 Å². The summed E-state index contributed by atoms with van der Waals surface area (Å²) >= 11 is 0. The number of halogens is 1. The zero-order valence-corrected chi connectivity index (χ0v) is 13.5. The lowest BCUT2D eigenvalue weighted by Gasteiger charge is -2.06. The third kappa shape index (κ3) is 6.02. The zero-order valence-electron chi connectivity index (χ0n) is 13.5. The molecule has 5 nitrogen and oxygen atoms in total. The molecule has 0 saturated heterocycles. The van der Waals surface area contributed by atoms with Crippen molar-refractivity contribution in [2.45, 2.75) is 6.92 Å². The van der Waals surface area contributed by atoms with Gasteiger partial charge in [0.05, 0.1) is 0 Å². The van der Waals surface area contributed by atoms with E-state index in [9.17, 15) is 18.8 Å². The largest absolute Gasteiger partial charge is 0.452 e. The van der Waals surface area contributed by atoms with E-state index in [2.05, 4.69) is 5.32 Å². The fourth-order valence-electron chi connectivity index (χ4n) is 1.94. The Hall–Kier alpha value is -3.28. The third-order valence-electron chi connectivity index (χ3n) is 3.18. The number of nitrogens with one attached hydrogen (secondary N) is 1. The summed E-state index contributed by atoms with van der Waals surface area (Å²) in [6.45, 7) is 0.991. The van der Waals surface area contributed by atoms with E-state index in [-0.39, 0.29) is 5.78 Å². The Morgan fingerprint density at radius 3 is 2.48 bits per heavy atom. The molecule has 6 heteroatoms. The highest BCUT2D eigenvalue weighted by Crippen LogP contribution is 2.10. The topological polar surface area (TPSA) is 72.5 Å². The summed E-state index contributed by atoms with van der Waals surface area (Å²) in [5, 5.41) is 2.54. The summed E-state index contributed by atoms with van der Waals surface area (Å²) in [6.07, 6.45) is 2.51. The van der Waals surface area contributed by atoms with Gasteiger partial charge in [-0.25, -0.2) is 9.18 Å². The Bertz CT molecular complexity index is 812. The summed E-state index contributed by atoms with van der Waals surface area (Å²) < 4.78 is 17.8. The molecule has 0 spiro atoms. The van der Waals surface area contributed by atoms with Gasteiger partial charge in [-0.15, -0.1) is 0 Å². The van der Waals surface area contributed by atoms with Crippen LogP contribution in [0.2, 0.25) is 0 Å². The molecule has 0 unspecified atom stereocenters. The number of ketones is 1. The van der Waals surface area contributed by atoms with E-state index < -0.39 is 24.3 Å². The maximum atomic E-state index is 13.0. The molecule has 0 saturated carbocycles. The number of carbonyl (C=O) groups excluding carboxylic acids is 3. The fourth-order valence-corrected chi connectivity index (χ4v) is 1.94. The summed E-state index contributed by atoms with van der Waals surface area (Å²) in [7, 11) is 0. The normalized spacial score (nSPS) is 10.5. The Morgan fingerprint density at radius 1 is 1.12 bits per heavy atom. The van der Waals surface area contributed by atoms with Crippen LogP contribution >= 0.6 is 0 Å². The first-order chi connectivity index (χ1) is 11.9. The van der Waals surface area contributed by atoms with Crippen LogP contribution in [0, 0.1) is 5.82 Å². The Balaban J connectivity index is 1.81. The number of hydrogen-bond donors (Lipinski definition) is 1. The van der Waals surface area contributed by atoms with Crippen LogP contribution in [0.1, 0.15) is 22.8 Å². The SMILES string of the molecule is CC(=O)c1ccc(NC(=O)COC(=O)C=Cc2cccc(F)c2)cc1. The molecule has 0 aromatic heterocycles. The highest BCUT2D eigenvalue weighted by atomic mass is 19.1. The molecule has 25 heavy (non-hydrogen) atoms. The van der Waals surface area contributed by atoms with Crippen LogP contribution in [0.25, 0.3) is 6.08 Å². The third-order valence-corrected chi connectivity index (χ3v) is 3.18. The molecular formula is C19H16FNO4. The quantitative estimate of drug-likeness (QED) is 0.497. The van der Waals surface area contributed by atoms with Crippen molar-refractivity contribution >= 4 is 29.4 Å². The Labute approximate surface area is 144 Å². The highest BCUT2D eigenvalue weighted by molar-refractivity contribution is 5.96. The van der Waals surface area contributed by atoms with Crippen molar-refractivity contribution in [2.75, 3.05) is 11.9 Å². The standard InChI is InChI=1S/C19H16FNO4/c1-13(22)15-6-8-17(9-7-15)21-18(23)12-25-19(24)10-5-14-3-2-4-16(20)11-14/h2-11H,12H2,1H3,(H,21,23). The van der Waals surface area contributed by atoms with Gasteiger partial charge in [-0.1, -0.05) is 12.1 Å². The van der Waals surface area contributed by atoms with E-state index in [1.807, 2.05) is 0 Å². The van der Waals surface area contributed by atoms with Crippen LogP contribution in [0.3, 0.4) is 0 Å². The highest BCUT2D eigenvalue weighted by Gasteiger charge is 2.06. The maximum absolute atomic E-state index is 13.0. The first-order valence-electron chi connectivity index (χ1n) is 7.45. The Morgan fingerprint density at radius 2 is 1.84 bits per heavy atom. The molecule has 0 aliphatic carbocycles. The Kier molecular flexibility index (Phi) is 6.17. The van der Waals surface area contributed by atoms with Gasteiger partial charge in [-0.3, -0.25) is 9.59 Å². The van der Waals surface area contributed by atoms with Gasteiger partial charge in [0, 0.05) is 17.3 Å². The number of ether oxygens (including phenoxy) is 1. The number of benzene rings is 2. The van der Waals surface area contributed by atoms with E-state index >= 15 is 0 Å². The number of hydrogen-bond acceptors (Lipinski definition) is 4. The van der Waals surface area contributed by atoms with Gasteiger partial charge in [0.15, 0.2) is 12.4 Å². The molecule has 1 N–H and O–H groups in total. The van der Waals surface area contributed by atoms with Crippen molar-refractivity contribution < 1.29 is 23.5 Å². The van der Waals surface area contributed by atoms with Crippen LogP contribution in [0.15, 0.2) is 54.6 Å². The van der Waals surface area contributed by atoms with E-state index in [1.54, 1.807) is 30.3 Å². The summed E-state index contributed by atoms with van der Waals surface area (Å²) in [5.74, 6) is -1.71. The molecule has 0 atom stereocenters. The van der Waals surface area contributed by atoms with Gasteiger partial charge in [-0.05, 0) is 55.0 Å². The lowest BCUT2D eigenvalue weighted by Crippen LogP contribution is -2.20. The monoisotopic (exact) mass is 341 g/mol. The smallest absolute Gasteiger partial charge is 0.331 e. The predicted octanol–water partition coefficient (Wildman–Crippen LogP) is 3.22.